The summed E-state index contributed by atoms with van der Waals surface area (Å²) in [5, 5.41) is 7.22. The molecule has 2 aliphatic rings. The molecule has 0 aliphatic heterocycles. The number of hydrogen-bond donors (Lipinski definition) is 2. The maximum Gasteiger partial charge on any atom is 0.339 e. The fourth-order valence-electron chi connectivity index (χ4n) is 7.19. The van der Waals surface area contributed by atoms with Crippen molar-refractivity contribution in [2.45, 2.75) is 89.7 Å². The Bertz CT molecular complexity index is 1630. The topological polar surface area (TPSA) is 129 Å². The minimum atomic E-state index is -0.664. The Kier molecular flexibility index (Phi) is 12.4. The second-order valence-electron chi connectivity index (χ2n) is 13.3. The lowest BCUT2D eigenvalue weighted by Gasteiger charge is -2.31. The van der Waals surface area contributed by atoms with E-state index in [1.54, 1.807) is 23.1 Å². The number of benzene rings is 2. The van der Waals surface area contributed by atoms with Crippen LogP contribution in [0.3, 0.4) is 0 Å². The molecule has 2 aliphatic carbocycles. The number of carbonyl (C=O) groups excluding carboxylic acids is 2. The summed E-state index contributed by atoms with van der Waals surface area (Å²) in [6.45, 7) is 3.05. The number of anilines is 1. The summed E-state index contributed by atoms with van der Waals surface area (Å²) in [7, 11) is 6.30. The number of hydrogen-bond acceptors (Lipinski definition) is 9. The van der Waals surface area contributed by atoms with Crippen LogP contribution in [0.15, 0.2) is 39.5 Å². The summed E-state index contributed by atoms with van der Waals surface area (Å²) >= 11 is 0. The van der Waals surface area contributed by atoms with Gasteiger partial charge in [0, 0.05) is 48.8 Å². The molecule has 0 spiro atoms. The van der Waals surface area contributed by atoms with Crippen LogP contribution in [0.4, 0.5) is 10.5 Å². The van der Waals surface area contributed by atoms with Crippen LogP contribution in [0.5, 0.6) is 17.2 Å². The van der Waals surface area contributed by atoms with E-state index in [2.05, 4.69) is 10.6 Å². The summed E-state index contributed by atoms with van der Waals surface area (Å²) in [4.78, 5) is 41.8. The first-order valence-corrected chi connectivity index (χ1v) is 17.5. The summed E-state index contributed by atoms with van der Waals surface area (Å²) in [5.41, 5.74) is 1.84. The monoisotopic (exact) mass is 677 g/mol. The van der Waals surface area contributed by atoms with Gasteiger partial charge in [-0.1, -0.05) is 38.5 Å². The number of aryl methyl sites for hydroxylation is 1. The number of amides is 2. The Balaban J connectivity index is 1.36. The predicted octanol–water partition coefficient (Wildman–Crippen LogP) is 6.86. The number of rotatable bonds is 13. The van der Waals surface area contributed by atoms with Gasteiger partial charge in [-0.2, -0.15) is 0 Å². The lowest BCUT2D eigenvalue weighted by atomic mass is 9.89. The van der Waals surface area contributed by atoms with Crippen molar-refractivity contribution in [3.8, 4) is 17.2 Å². The van der Waals surface area contributed by atoms with Gasteiger partial charge in [-0.15, -0.1) is 0 Å². The molecule has 2 aromatic carbocycles. The van der Waals surface area contributed by atoms with Crippen LogP contribution in [0.2, 0.25) is 0 Å². The molecule has 1 heterocycles. The molecule has 11 nitrogen and oxygen atoms in total. The summed E-state index contributed by atoms with van der Waals surface area (Å²) in [5.74, 6) is 1.04. The van der Waals surface area contributed by atoms with Crippen molar-refractivity contribution in [2.24, 2.45) is 5.92 Å². The van der Waals surface area contributed by atoms with Gasteiger partial charge in [0.1, 0.15) is 11.7 Å². The molecule has 266 valence electrons. The molecule has 1 unspecified atom stereocenters. The zero-order chi connectivity index (χ0) is 34.9. The maximum atomic E-state index is 13.6. The molecular weight excluding hydrogens is 626 g/mol. The number of carbonyl (C=O) groups is 2. The molecular formula is C38H51N3O8. The minimum absolute atomic E-state index is 0.155. The van der Waals surface area contributed by atoms with Crippen molar-refractivity contribution in [3.05, 3.63) is 57.4 Å². The third kappa shape index (κ3) is 8.86. The quantitative estimate of drug-likeness (QED) is 0.147. The largest absolute Gasteiger partial charge is 0.493 e. The van der Waals surface area contributed by atoms with E-state index in [1.807, 2.05) is 26.1 Å². The third-order valence-corrected chi connectivity index (χ3v) is 10.1. The SMILES string of the molecule is COc1cc(C(=O)OC(CNCC2CCCCC2)Cc2c(C)c3ccc(NC(=O)N(C)C4CCCCC4)cc3oc2=O)cc(OC)c1OC. The summed E-state index contributed by atoms with van der Waals surface area (Å²) in [6.07, 6.45) is 11.1. The van der Waals surface area contributed by atoms with Gasteiger partial charge < -0.3 is 38.9 Å². The molecule has 0 bridgehead atoms. The Labute approximate surface area is 288 Å². The smallest absolute Gasteiger partial charge is 0.339 e. The van der Waals surface area contributed by atoms with Crippen LogP contribution in [0, 0.1) is 12.8 Å². The molecule has 2 fully saturated rings. The number of methoxy groups -OCH3 is 3. The number of nitrogens with one attached hydrogen (secondary N) is 2. The Morgan fingerprint density at radius 2 is 1.57 bits per heavy atom. The minimum Gasteiger partial charge on any atom is -0.493 e. The zero-order valence-electron chi connectivity index (χ0n) is 29.5. The van der Waals surface area contributed by atoms with Crippen LogP contribution >= 0.6 is 0 Å². The number of nitrogens with zero attached hydrogens (tertiary/aromatic N) is 1. The van der Waals surface area contributed by atoms with Crippen molar-refractivity contribution in [1.29, 1.82) is 0 Å². The van der Waals surface area contributed by atoms with Crippen LogP contribution in [-0.4, -0.2) is 70.5 Å². The van der Waals surface area contributed by atoms with Gasteiger partial charge in [-0.05, 0) is 74.9 Å². The molecule has 2 N–H and O–H groups in total. The van der Waals surface area contributed by atoms with E-state index in [4.69, 9.17) is 23.4 Å². The molecule has 2 saturated carbocycles. The van der Waals surface area contributed by atoms with Gasteiger partial charge in [0.25, 0.3) is 0 Å². The van der Waals surface area contributed by atoms with E-state index in [-0.39, 0.29) is 24.1 Å². The van der Waals surface area contributed by atoms with E-state index in [0.717, 1.165) is 43.2 Å². The van der Waals surface area contributed by atoms with Crippen LogP contribution in [0.1, 0.15) is 85.7 Å². The van der Waals surface area contributed by atoms with Gasteiger partial charge >= 0.3 is 17.6 Å². The van der Waals surface area contributed by atoms with E-state index >= 15 is 0 Å². The van der Waals surface area contributed by atoms with Gasteiger partial charge in [0.05, 0.1) is 26.9 Å². The average Bonchev–Trinajstić information content (AvgIpc) is 3.12. The highest BCUT2D eigenvalue weighted by Crippen LogP contribution is 2.38. The predicted molar refractivity (Wildman–Crippen MR) is 189 cm³/mol. The Morgan fingerprint density at radius 3 is 2.20 bits per heavy atom. The first-order valence-electron chi connectivity index (χ1n) is 17.5. The molecule has 1 atom stereocenters. The van der Waals surface area contributed by atoms with Gasteiger partial charge in [0.2, 0.25) is 5.75 Å². The molecule has 5 rings (SSSR count). The van der Waals surface area contributed by atoms with Gasteiger partial charge in [0.15, 0.2) is 11.5 Å². The molecule has 0 radical (unpaired) electrons. The van der Waals surface area contributed by atoms with Crippen LogP contribution in [0.25, 0.3) is 11.0 Å². The van der Waals surface area contributed by atoms with E-state index in [1.165, 1.54) is 59.9 Å². The highest BCUT2D eigenvalue weighted by molar-refractivity contribution is 5.93. The summed E-state index contributed by atoms with van der Waals surface area (Å²) < 4.78 is 28.2. The molecule has 2 amide bonds. The highest BCUT2D eigenvalue weighted by atomic mass is 16.5. The van der Waals surface area contributed by atoms with Gasteiger partial charge in [-0.25, -0.2) is 14.4 Å². The third-order valence-electron chi connectivity index (χ3n) is 10.1. The van der Waals surface area contributed by atoms with Crippen molar-refractivity contribution >= 4 is 28.7 Å². The van der Waals surface area contributed by atoms with Crippen molar-refractivity contribution < 1.29 is 33.0 Å². The number of urea groups is 1. The van der Waals surface area contributed by atoms with Crippen LogP contribution in [-0.2, 0) is 11.2 Å². The van der Waals surface area contributed by atoms with Crippen LogP contribution < -0.4 is 30.5 Å². The lowest BCUT2D eigenvalue weighted by molar-refractivity contribution is 0.0297. The molecule has 1 aromatic heterocycles. The second-order valence-corrected chi connectivity index (χ2v) is 13.3. The Hall–Kier alpha value is -4.25. The average molecular weight is 678 g/mol. The fourth-order valence-corrected chi connectivity index (χ4v) is 7.19. The normalized spacial score (nSPS) is 16.2. The first kappa shape index (κ1) is 36.0. The van der Waals surface area contributed by atoms with Crippen molar-refractivity contribution in [1.82, 2.24) is 10.2 Å². The first-order chi connectivity index (χ1) is 23.7. The van der Waals surface area contributed by atoms with E-state index in [9.17, 15) is 14.4 Å². The summed E-state index contributed by atoms with van der Waals surface area (Å²) in [6, 6.07) is 8.51. The molecule has 11 heteroatoms. The Morgan fingerprint density at radius 1 is 0.918 bits per heavy atom. The molecule has 0 saturated heterocycles. The number of esters is 1. The second kappa shape index (κ2) is 16.9. The standard InChI is InChI=1S/C38H51N3O8/c1-24-30-17-16-27(40-38(44)41(2)28-14-10-7-11-15-28)20-32(30)49-37(43)31(24)21-29(23-39-22-25-12-8-6-9-13-25)48-36(42)26-18-33(45-3)35(47-5)34(19-26)46-4/h16-20,25,28-29,39H,6-15,21-23H2,1-5H3,(H,40,44). The number of ether oxygens (including phenoxy) is 4. The maximum absolute atomic E-state index is 13.6. The zero-order valence-corrected chi connectivity index (χ0v) is 29.5. The molecule has 3 aromatic rings. The molecule has 49 heavy (non-hydrogen) atoms. The van der Waals surface area contributed by atoms with Gasteiger partial charge in [-0.3, -0.25) is 0 Å². The van der Waals surface area contributed by atoms with E-state index < -0.39 is 17.7 Å². The van der Waals surface area contributed by atoms with Crippen molar-refractivity contribution in [3.63, 3.8) is 0 Å². The number of fused-ring (bicyclic) bond motifs is 1. The van der Waals surface area contributed by atoms with Crippen molar-refractivity contribution in [2.75, 3.05) is 46.8 Å². The van der Waals surface area contributed by atoms with E-state index in [0.29, 0.717) is 46.5 Å². The lowest BCUT2D eigenvalue weighted by Crippen LogP contribution is -2.40. The fraction of sp³-hybridized carbons (Fsp3) is 0.553. The highest BCUT2D eigenvalue weighted by Gasteiger charge is 2.25.